The van der Waals surface area contributed by atoms with Gasteiger partial charge in [-0.05, 0) is 35.7 Å². The fourth-order valence-electron chi connectivity index (χ4n) is 4.38. The van der Waals surface area contributed by atoms with Gasteiger partial charge in [0.1, 0.15) is 5.69 Å². The number of nitrogens with one attached hydrogen (secondary N) is 1. The van der Waals surface area contributed by atoms with E-state index in [9.17, 15) is 30.4 Å². The second-order valence-corrected chi connectivity index (χ2v) is 9.72. The van der Waals surface area contributed by atoms with Crippen molar-refractivity contribution in [1.82, 2.24) is 4.90 Å². The molecule has 4 aromatic carbocycles. The quantitative estimate of drug-likeness (QED) is 0.0907. The largest absolute Gasteiger partial charge is 0.769 e. The van der Waals surface area contributed by atoms with E-state index in [4.69, 9.17) is 0 Å². The molecule has 0 aliphatic rings. The third-order valence-electron chi connectivity index (χ3n) is 6.62. The highest BCUT2D eigenvalue weighted by atomic mass is 16.8. The van der Waals surface area contributed by atoms with E-state index in [2.05, 4.69) is 10.5 Å². The van der Waals surface area contributed by atoms with Crippen molar-refractivity contribution < 1.29 is 20.0 Å². The SMILES string of the molecule is O=C(C/C(CCC(=O)N(Cc1ccccc1)Cc1ccccc1)=N\Nc1ccc(N([O-])[O-])cc1N(O)O)c1ccccc1. The number of nitrogens with zero attached hydrogens (tertiary/aromatic N) is 4. The Bertz CT molecular complexity index is 1470. The van der Waals surface area contributed by atoms with Gasteiger partial charge in [-0.2, -0.15) is 5.10 Å². The lowest BCUT2D eigenvalue weighted by Gasteiger charge is -2.37. The van der Waals surface area contributed by atoms with E-state index >= 15 is 0 Å². The lowest BCUT2D eigenvalue weighted by molar-refractivity contribution is -0.132. The number of Topliss-reactive ketones (excluding diaryl/α,β-unsaturated/α-hetero) is 1. The zero-order valence-electron chi connectivity index (χ0n) is 23.2. The van der Waals surface area contributed by atoms with E-state index in [0.717, 1.165) is 17.2 Å². The molecule has 222 valence electrons. The summed E-state index contributed by atoms with van der Waals surface area (Å²) in [6.07, 6.45) is 0.0855. The summed E-state index contributed by atoms with van der Waals surface area (Å²) in [6.45, 7) is 0.800. The first-order chi connectivity index (χ1) is 20.8. The van der Waals surface area contributed by atoms with Crippen molar-refractivity contribution in [3.8, 4) is 0 Å². The Hall–Kier alpha value is -5.07. The lowest BCUT2D eigenvalue weighted by atomic mass is 10.0. The van der Waals surface area contributed by atoms with Crippen LogP contribution in [0.1, 0.15) is 40.7 Å². The van der Waals surface area contributed by atoms with Crippen molar-refractivity contribution in [3.05, 3.63) is 136 Å². The molecule has 0 radical (unpaired) electrons. The summed E-state index contributed by atoms with van der Waals surface area (Å²) in [7, 11) is 0. The van der Waals surface area contributed by atoms with Gasteiger partial charge in [0.05, 0.1) is 12.1 Å². The molecule has 4 aromatic rings. The third kappa shape index (κ3) is 9.21. The number of ketones is 1. The predicted molar refractivity (Wildman–Crippen MR) is 165 cm³/mol. The Labute approximate surface area is 249 Å². The van der Waals surface area contributed by atoms with Gasteiger partial charge in [-0.25, -0.2) is 0 Å². The molecule has 0 aliphatic heterocycles. The Balaban J connectivity index is 1.55. The maximum absolute atomic E-state index is 13.6. The smallest absolute Gasteiger partial charge is 0.223 e. The predicted octanol–water partition coefficient (Wildman–Crippen LogP) is 6.12. The Morgan fingerprint density at radius 1 is 0.744 bits per heavy atom. The fourth-order valence-corrected chi connectivity index (χ4v) is 4.38. The molecule has 0 aromatic heterocycles. The van der Waals surface area contributed by atoms with Gasteiger partial charge in [0.25, 0.3) is 0 Å². The van der Waals surface area contributed by atoms with Gasteiger partial charge in [0.2, 0.25) is 5.91 Å². The van der Waals surface area contributed by atoms with Crippen molar-refractivity contribution in [2.45, 2.75) is 32.4 Å². The number of carbonyl (C=O) groups excluding carboxylic acids is 2. The Morgan fingerprint density at radius 3 is 1.84 bits per heavy atom. The summed E-state index contributed by atoms with van der Waals surface area (Å²) in [6, 6.07) is 31.4. The summed E-state index contributed by atoms with van der Waals surface area (Å²) in [4.78, 5) is 28.4. The zero-order chi connectivity index (χ0) is 30.6. The van der Waals surface area contributed by atoms with Crippen LogP contribution in [-0.2, 0) is 17.9 Å². The maximum Gasteiger partial charge on any atom is 0.223 e. The van der Waals surface area contributed by atoms with Crippen LogP contribution in [0.25, 0.3) is 0 Å². The molecule has 4 rings (SSSR count). The van der Waals surface area contributed by atoms with Crippen LogP contribution in [0, 0.1) is 10.4 Å². The average molecular weight is 582 g/mol. The Morgan fingerprint density at radius 2 is 1.30 bits per heavy atom. The summed E-state index contributed by atoms with van der Waals surface area (Å²) in [5.74, 6) is -0.352. The first-order valence-corrected chi connectivity index (χ1v) is 13.5. The molecule has 0 bridgehead atoms. The molecule has 11 nitrogen and oxygen atoms in total. The first kappa shape index (κ1) is 30.9. The van der Waals surface area contributed by atoms with Gasteiger partial charge in [0, 0.05) is 36.5 Å². The van der Waals surface area contributed by atoms with Gasteiger partial charge in [-0.3, -0.25) is 25.4 Å². The zero-order valence-corrected chi connectivity index (χ0v) is 23.2. The molecule has 0 fully saturated rings. The molecule has 0 saturated carbocycles. The lowest BCUT2D eigenvalue weighted by Crippen LogP contribution is -2.30. The molecule has 0 saturated heterocycles. The van der Waals surface area contributed by atoms with E-state index in [1.54, 1.807) is 35.2 Å². The number of carbonyl (C=O) groups is 2. The van der Waals surface area contributed by atoms with Crippen LogP contribution in [0.4, 0.5) is 17.1 Å². The van der Waals surface area contributed by atoms with Gasteiger partial charge in [-0.15, -0.1) is 5.23 Å². The van der Waals surface area contributed by atoms with Crippen LogP contribution in [-0.4, -0.2) is 32.7 Å². The van der Waals surface area contributed by atoms with E-state index in [0.29, 0.717) is 24.4 Å². The second-order valence-electron chi connectivity index (χ2n) is 9.72. The molecule has 43 heavy (non-hydrogen) atoms. The van der Waals surface area contributed by atoms with E-state index in [1.165, 1.54) is 12.1 Å². The van der Waals surface area contributed by atoms with Gasteiger partial charge < -0.3 is 20.5 Å². The number of rotatable bonds is 14. The highest BCUT2D eigenvalue weighted by Gasteiger charge is 2.18. The fraction of sp³-hybridized carbons (Fsp3) is 0.156. The summed E-state index contributed by atoms with van der Waals surface area (Å²) in [5, 5.41) is 44.9. The van der Waals surface area contributed by atoms with Gasteiger partial charge >= 0.3 is 0 Å². The van der Waals surface area contributed by atoms with Crippen molar-refractivity contribution in [2.24, 2.45) is 5.10 Å². The van der Waals surface area contributed by atoms with Gasteiger partial charge in [0.15, 0.2) is 5.78 Å². The number of hydrogen-bond acceptors (Lipinski definition) is 10. The van der Waals surface area contributed by atoms with E-state index < -0.39 is 5.23 Å². The molecule has 0 atom stereocenters. The number of benzene rings is 4. The molecule has 0 unspecified atom stereocenters. The average Bonchev–Trinajstić information content (AvgIpc) is 3.03. The van der Waals surface area contributed by atoms with Crippen LogP contribution in [0.5, 0.6) is 0 Å². The number of hydrazone groups is 1. The van der Waals surface area contributed by atoms with E-state index in [1.807, 2.05) is 60.7 Å². The summed E-state index contributed by atoms with van der Waals surface area (Å²) < 4.78 is 0. The van der Waals surface area contributed by atoms with Crippen LogP contribution in [0.15, 0.2) is 114 Å². The molecular formula is C32H31N5O6-2. The van der Waals surface area contributed by atoms with Crippen LogP contribution < -0.4 is 15.9 Å². The molecule has 0 aliphatic carbocycles. The first-order valence-electron chi connectivity index (χ1n) is 13.5. The summed E-state index contributed by atoms with van der Waals surface area (Å²) >= 11 is 0. The minimum atomic E-state index is -0.674. The highest BCUT2D eigenvalue weighted by Crippen LogP contribution is 2.29. The van der Waals surface area contributed by atoms with E-state index in [-0.39, 0.29) is 53.2 Å². The molecule has 1 amide bonds. The van der Waals surface area contributed by atoms with Crippen molar-refractivity contribution in [2.75, 3.05) is 15.9 Å². The second kappa shape index (κ2) is 15.2. The normalized spacial score (nSPS) is 11.1. The molecule has 0 spiro atoms. The number of hydrogen-bond donors (Lipinski definition) is 3. The number of amides is 1. The van der Waals surface area contributed by atoms with Crippen LogP contribution >= 0.6 is 0 Å². The van der Waals surface area contributed by atoms with Crippen LogP contribution in [0.2, 0.25) is 0 Å². The third-order valence-corrected chi connectivity index (χ3v) is 6.62. The minimum Gasteiger partial charge on any atom is -0.769 e. The minimum absolute atomic E-state index is 0.0429. The Kier molecular flexibility index (Phi) is 10.9. The van der Waals surface area contributed by atoms with Crippen molar-refractivity contribution in [1.29, 1.82) is 0 Å². The standard InChI is InChI=1S/C32H31N5O6/c38-31(26-14-8-3-9-15-26)20-27(33-34-29-18-17-28(36(40)41)21-30(29)37(42)43)16-19-32(39)35(22-24-10-4-1-5-11-24)23-25-12-6-2-7-13-25/h1-15,17-18,21,34,42-43H,16,19-20,22-23H2/q-2/b33-27-. The van der Waals surface area contributed by atoms with Crippen LogP contribution in [0.3, 0.4) is 0 Å². The topological polar surface area (TPSA) is 155 Å². The highest BCUT2D eigenvalue weighted by molar-refractivity contribution is 6.10. The molecule has 11 heteroatoms. The van der Waals surface area contributed by atoms with Crippen molar-refractivity contribution >= 4 is 34.5 Å². The monoisotopic (exact) mass is 581 g/mol. The molecule has 3 N–H and O–H groups in total. The molecular weight excluding hydrogens is 550 g/mol. The number of anilines is 3. The van der Waals surface area contributed by atoms with Gasteiger partial charge in [-0.1, -0.05) is 91.0 Å². The van der Waals surface area contributed by atoms with Crippen molar-refractivity contribution in [3.63, 3.8) is 0 Å². The maximum atomic E-state index is 13.6. The molecule has 0 heterocycles. The summed E-state index contributed by atoms with van der Waals surface area (Å²) in [5.41, 5.74) is 4.81.